The number of benzene rings is 2. The molecule has 0 radical (unpaired) electrons. The van der Waals surface area contributed by atoms with Crippen LogP contribution < -0.4 is 10.6 Å². The van der Waals surface area contributed by atoms with E-state index in [4.69, 9.17) is 5.11 Å². The van der Waals surface area contributed by atoms with Crippen molar-refractivity contribution in [3.8, 4) is 11.1 Å². The van der Waals surface area contributed by atoms with Gasteiger partial charge in [-0.1, -0.05) is 55.0 Å². The molecule has 3 rings (SSSR count). The predicted octanol–water partition coefficient (Wildman–Crippen LogP) is 4.20. The summed E-state index contributed by atoms with van der Waals surface area (Å²) in [7, 11) is 0. The smallest absolute Gasteiger partial charge is 0.409 e. The Balaban J connectivity index is 0.000000246. The third-order valence-corrected chi connectivity index (χ3v) is 3.46. The molecule has 1 saturated heterocycles. The minimum absolute atomic E-state index is 0.598. The second-order valence-electron chi connectivity index (χ2n) is 5.15. The Hall–Kier alpha value is -2.33. The molecule has 22 heavy (non-hydrogen) atoms. The highest BCUT2D eigenvalue weighted by Crippen LogP contribution is 2.27. The van der Waals surface area contributed by atoms with Crippen LogP contribution in [-0.4, -0.2) is 24.3 Å². The molecule has 1 heterocycles. The highest BCUT2D eigenvalue weighted by Gasteiger charge is 2.05. The maximum atomic E-state index is 10.6. The standard InChI is InChI=1S/C13H11NO2.C5H11N/c15-13(16)14-12-9-5-4-8-11(12)10-6-2-1-3-7-10;1-2-4-6-5-3-1/h1-9,14H,(H,15,16);6H,1-5H2. The van der Waals surface area contributed by atoms with Crippen molar-refractivity contribution in [1.29, 1.82) is 0 Å². The lowest BCUT2D eigenvalue weighted by molar-refractivity contribution is 0.210. The number of para-hydroxylation sites is 1. The van der Waals surface area contributed by atoms with Crippen LogP contribution in [0.2, 0.25) is 0 Å². The lowest BCUT2D eigenvalue weighted by Gasteiger charge is -2.08. The number of hydrogen-bond donors (Lipinski definition) is 3. The first-order chi connectivity index (χ1) is 10.8. The van der Waals surface area contributed by atoms with Gasteiger partial charge in [-0.3, -0.25) is 5.32 Å². The van der Waals surface area contributed by atoms with Crippen molar-refractivity contribution in [2.24, 2.45) is 0 Å². The summed E-state index contributed by atoms with van der Waals surface area (Å²) < 4.78 is 0. The highest BCUT2D eigenvalue weighted by molar-refractivity contribution is 5.90. The van der Waals surface area contributed by atoms with Gasteiger partial charge in [-0.25, -0.2) is 4.79 Å². The molecule has 4 nitrogen and oxygen atoms in total. The molecule has 1 fully saturated rings. The van der Waals surface area contributed by atoms with Crippen LogP contribution in [0.4, 0.5) is 10.5 Å². The van der Waals surface area contributed by atoms with Crippen LogP contribution in [0.3, 0.4) is 0 Å². The van der Waals surface area contributed by atoms with Crippen molar-refractivity contribution in [1.82, 2.24) is 5.32 Å². The Bertz CT molecular complexity index is 569. The van der Waals surface area contributed by atoms with E-state index < -0.39 is 6.09 Å². The fourth-order valence-electron chi connectivity index (χ4n) is 2.38. The maximum absolute atomic E-state index is 10.6. The van der Waals surface area contributed by atoms with Crippen LogP contribution in [0, 0.1) is 0 Å². The van der Waals surface area contributed by atoms with Gasteiger partial charge in [-0.05, 0) is 37.6 Å². The van der Waals surface area contributed by atoms with E-state index in [2.05, 4.69) is 10.6 Å². The molecule has 0 bridgehead atoms. The van der Waals surface area contributed by atoms with Crippen molar-refractivity contribution in [2.75, 3.05) is 18.4 Å². The first-order valence-electron chi connectivity index (χ1n) is 7.62. The number of anilines is 1. The molecule has 116 valence electrons. The first kappa shape index (κ1) is 16.0. The van der Waals surface area contributed by atoms with Crippen LogP contribution in [-0.2, 0) is 0 Å². The SMILES string of the molecule is C1CCNCC1.O=C(O)Nc1ccccc1-c1ccccc1. The van der Waals surface area contributed by atoms with Gasteiger partial charge in [0.15, 0.2) is 0 Å². The number of carboxylic acid groups (broad SMARTS) is 1. The molecule has 4 heteroatoms. The molecule has 3 N–H and O–H groups in total. The molecule has 0 unspecified atom stereocenters. The van der Waals surface area contributed by atoms with Crippen LogP contribution in [0.5, 0.6) is 0 Å². The Morgan fingerprint density at radius 2 is 1.55 bits per heavy atom. The number of amides is 1. The summed E-state index contributed by atoms with van der Waals surface area (Å²) in [5, 5.41) is 14.4. The van der Waals surface area contributed by atoms with Crippen molar-refractivity contribution in [3.63, 3.8) is 0 Å². The summed E-state index contributed by atoms with van der Waals surface area (Å²) in [6.45, 7) is 2.50. The predicted molar refractivity (Wildman–Crippen MR) is 90.2 cm³/mol. The summed E-state index contributed by atoms with van der Waals surface area (Å²) in [5.41, 5.74) is 2.47. The quantitative estimate of drug-likeness (QED) is 0.778. The normalized spacial score (nSPS) is 13.6. The number of nitrogens with one attached hydrogen (secondary N) is 2. The summed E-state index contributed by atoms with van der Waals surface area (Å²) in [5.74, 6) is 0. The second-order valence-corrected chi connectivity index (χ2v) is 5.15. The average molecular weight is 298 g/mol. The van der Waals surface area contributed by atoms with Crippen LogP contribution in [0.25, 0.3) is 11.1 Å². The van der Waals surface area contributed by atoms with Gasteiger partial charge in [-0.15, -0.1) is 0 Å². The lowest BCUT2D eigenvalue weighted by Crippen LogP contribution is -2.21. The van der Waals surface area contributed by atoms with Crippen LogP contribution >= 0.6 is 0 Å². The monoisotopic (exact) mass is 298 g/mol. The van der Waals surface area contributed by atoms with E-state index in [0.717, 1.165) is 11.1 Å². The molecule has 2 aromatic carbocycles. The van der Waals surface area contributed by atoms with E-state index in [1.54, 1.807) is 12.1 Å². The summed E-state index contributed by atoms with van der Waals surface area (Å²) in [6, 6.07) is 17.0. The Morgan fingerprint density at radius 3 is 2.09 bits per heavy atom. The molecular formula is C18H22N2O2. The van der Waals surface area contributed by atoms with Crippen molar-refractivity contribution in [3.05, 3.63) is 54.6 Å². The highest BCUT2D eigenvalue weighted by atomic mass is 16.4. The first-order valence-corrected chi connectivity index (χ1v) is 7.62. The summed E-state index contributed by atoms with van der Waals surface area (Å²) in [6.07, 6.45) is 3.16. The fourth-order valence-corrected chi connectivity index (χ4v) is 2.38. The maximum Gasteiger partial charge on any atom is 0.409 e. The fraction of sp³-hybridized carbons (Fsp3) is 0.278. The molecule has 0 aliphatic carbocycles. The minimum atomic E-state index is -1.05. The molecule has 1 aliphatic heterocycles. The molecule has 2 aromatic rings. The Labute approximate surface area is 131 Å². The molecule has 1 amide bonds. The van der Waals surface area contributed by atoms with Gasteiger partial charge >= 0.3 is 6.09 Å². The van der Waals surface area contributed by atoms with Crippen LogP contribution in [0.15, 0.2) is 54.6 Å². The lowest BCUT2D eigenvalue weighted by atomic mass is 10.0. The van der Waals surface area contributed by atoms with Crippen molar-refractivity contribution < 1.29 is 9.90 Å². The van der Waals surface area contributed by atoms with Gasteiger partial charge in [0.25, 0.3) is 0 Å². The van der Waals surface area contributed by atoms with E-state index in [0.29, 0.717) is 5.69 Å². The van der Waals surface area contributed by atoms with E-state index >= 15 is 0 Å². The molecule has 0 aromatic heterocycles. The molecule has 1 aliphatic rings. The van der Waals surface area contributed by atoms with Gasteiger partial charge in [-0.2, -0.15) is 0 Å². The van der Waals surface area contributed by atoms with E-state index in [1.807, 2.05) is 42.5 Å². The molecule has 0 saturated carbocycles. The van der Waals surface area contributed by atoms with Crippen molar-refractivity contribution in [2.45, 2.75) is 19.3 Å². The van der Waals surface area contributed by atoms with E-state index in [1.165, 1.54) is 32.4 Å². The molecular weight excluding hydrogens is 276 g/mol. The Morgan fingerprint density at radius 1 is 0.909 bits per heavy atom. The second kappa shape index (κ2) is 8.85. The summed E-state index contributed by atoms with van der Waals surface area (Å²) in [4.78, 5) is 10.6. The Kier molecular flexibility index (Phi) is 6.45. The topological polar surface area (TPSA) is 61.4 Å². The van der Waals surface area contributed by atoms with Crippen molar-refractivity contribution >= 4 is 11.8 Å². The third kappa shape index (κ3) is 5.22. The number of rotatable bonds is 2. The third-order valence-electron chi connectivity index (χ3n) is 3.46. The van der Waals surface area contributed by atoms with E-state index in [-0.39, 0.29) is 0 Å². The van der Waals surface area contributed by atoms with Gasteiger partial charge in [0.1, 0.15) is 0 Å². The molecule has 0 spiro atoms. The van der Waals surface area contributed by atoms with Crippen LogP contribution in [0.1, 0.15) is 19.3 Å². The zero-order chi connectivity index (χ0) is 15.6. The number of carbonyl (C=O) groups is 1. The number of hydrogen-bond acceptors (Lipinski definition) is 2. The largest absolute Gasteiger partial charge is 0.465 e. The van der Waals surface area contributed by atoms with Gasteiger partial charge in [0, 0.05) is 5.56 Å². The zero-order valence-electron chi connectivity index (χ0n) is 12.6. The zero-order valence-corrected chi connectivity index (χ0v) is 12.6. The van der Waals surface area contributed by atoms with Gasteiger partial charge < -0.3 is 10.4 Å². The van der Waals surface area contributed by atoms with E-state index in [9.17, 15) is 4.79 Å². The van der Waals surface area contributed by atoms with Gasteiger partial charge in [0.2, 0.25) is 0 Å². The summed E-state index contributed by atoms with van der Waals surface area (Å²) >= 11 is 0. The number of piperidine rings is 1. The van der Waals surface area contributed by atoms with Gasteiger partial charge in [0.05, 0.1) is 5.69 Å². The molecule has 0 atom stereocenters. The average Bonchev–Trinajstić information content (AvgIpc) is 2.58. The minimum Gasteiger partial charge on any atom is -0.465 e.